The molecule has 2 aliphatic heterocycles. The average Bonchev–Trinajstić information content (AvgIpc) is 3.37. The molecule has 0 spiro atoms. The van der Waals surface area contributed by atoms with Crippen LogP contribution in [0.1, 0.15) is 35.1 Å². The number of aryl methyl sites for hydroxylation is 3. The van der Waals surface area contributed by atoms with E-state index in [1.807, 2.05) is 45.0 Å². The molecule has 1 N–H and O–H groups in total. The van der Waals surface area contributed by atoms with Crippen molar-refractivity contribution in [3.8, 4) is 0 Å². The number of carbonyl (C=O) groups is 3. The molecule has 6 nitrogen and oxygen atoms in total. The first kappa shape index (κ1) is 22.1. The maximum atomic E-state index is 12.8. The van der Waals surface area contributed by atoms with E-state index in [1.54, 1.807) is 6.08 Å². The highest BCUT2D eigenvalue weighted by molar-refractivity contribution is 8.18. The third kappa shape index (κ3) is 4.72. The molecule has 2 heterocycles. The zero-order valence-electron chi connectivity index (χ0n) is 18.6. The van der Waals surface area contributed by atoms with E-state index in [2.05, 4.69) is 22.3 Å². The van der Waals surface area contributed by atoms with Crippen LogP contribution in [-0.2, 0) is 9.59 Å². The summed E-state index contributed by atoms with van der Waals surface area (Å²) in [5.74, 6) is -0.832. The minimum Gasteiger partial charge on any atom is -0.372 e. The number of nitrogens with zero attached hydrogens (tertiary/aromatic N) is 2. The van der Waals surface area contributed by atoms with Gasteiger partial charge in [-0.2, -0.15) is 0 Å². The molecule has 3 amide bonds. The Hall–Kier alpha value is -3.06. The third-order valence-electron chi connectivity index (χ3n) is 5.98. The Balaban J connectivity index is 1.44. The molecule has 2 aromatic carbocycles. The summed E-state index contributed by atoms with van der Waals surface area (Å²) in [4.78, 5) is 41.4. The van der Waals surface area contributed by atoms with Crippen LogP contribution in [0.5, 0.6) is 0 Å². The highest BCUT2D eigenvalue weighted by Gasteiger charge is 2.36. The fourth-order valence-corrected chi connectivity index (χ4v) is 4.76. The van der Waals surface area contributed by atoms with Crippen LogP contribution in [0.4, 0.5) is 16.2 Å². The largest absolute Gasteiger partial charge is 0.372 e. The van der Waals surface area contributed by atoms with Gasteiger partial charge in [0.1, 0.15) is 6.54 Å². The second kappa shape index (κ2) is 9.20. The number of nitrogens with one attached hydrogen (secondary N) is 1. The minimum absolute atomic E-state index is 0.304. The Labute approximate surface area is 192 Å². The average molecular weight is 450 g/mol. The highest BCUT2D eigenvalue weighted by Crippen LogP contribution is 2.33. The van der Waals surface area contributed by atoms with Gasteiger partial charge in [0, 0.05) is 24.5 Å². The first-order chi connectivity index (χ1) is 15.3. The number of hydrogen-bond donors (Lipinski definition) is 1. The van der Waals surface area contributed by atoms with Gasteiger partial charge in [-0.3, -0.25) is 19.3 Å². The standard InChI is InChI=1S/C25H27N3O3S/c1-16-6-8-20(12-17(16)2)26-23(29)15-28-24(30)22(32-25(28)31)14-19-7-9-21(13-18(19)3)27-10-4-5-11-27/h6-9,12-14H,4-5,10-11,15H2,1-3H3,(H,26,29)/b22-14-. The van der Waals surface area contributed by atoms with Gasteiger partial charge in [-0.1, -0.05) is 12.1 Å². The van der Waals surface area contributed by atoms with Crippen molar-refractivity contribution in [3.05, 3.63) is 63.6 Å². The molecule has 2 saturated heterocycles. The van der Waals surface area contributed by atoms with Crippen molar-refractivity contribution in [2.75, 3.05) is 29.9 Å². The van der Waals surface area contributed by atoms with Crippen molar-refractivity contribution in [2.45, 2.75) is 33.6 Å². The second-order valence-corrected chi connectivity index (χ2v) is 9.34. The number of benzene rings is 2. The molecule has 0 atom stereocenters. The molecule has 0 aromatic heterocycles. The Kier molecular flexibility index (Phi) is 6.37. The molecule has 0 unspecified atom stereocenters. The molecule has 166 valence electrons. The summed E-state index contributed by atoms with van der Waals surface area (Å²) >= 11 is 0.876. The zero-order valence-corrected chi connectivity index (χ0v) is 19.4. The molecule has 4 rings (SSSR count). The molecule has 0 aliphatic carbocycles. The van der Waals surface area contributed by atoms with Crippen LogP contribution < -0.4 is 10.2 Å². The lowest BCUT2D eigenvalue weighted by atomic mass is 10.1. The van der Waals surface area contributed by atoms with Crippen molar-refractivity contribution < 1.29 is 14.4 Å². The van der Waals surface area contributed by atoms with Gasteiger partial charge in [0.2, 0.25) is 5.91 Å². The smallest absolute Gasteiger partial charge is 0.294 e. The van der Waals surface area contributed by atoms with Crippen LogP contribution in [0, 0.1) is 20.8 Å². The van der Waals surface area contributed by atoms with Crippen LogP contribution in [0.15, 0.2) is 41.3 Å². The van der Waals surface area contributed by atoms with Gasteiger partial charge >= 0.3 is 0 Å². The van der Waals surface area contributed by atoms with E-state index < -0.39 is 17.1 Å². The summed E-state index contributed by atoms with van der Waals surface area (Å²) in [6.45, 7) is 7.80. The summed E-state index contributed by atoms with van der Waals surface area (Å²) in [5.41, 5.74) is 5.97. The zero-order chi connectivity index (χ0) is 22.8. The summed E-state index contributed by atoms with van der Waals surface area (Å²) in [5, 5.41) is 2.34. The number of imide groups is 1. The lowest BCUT2D eigenvalue weighted by Gasteiger charge is -2.18. The topological polar surface area (TPSA) is 69.7 Å². The van der Waals surface area contributed by atoms with E-state index in [0.29, 0.717) is 10.6 Å². The summed E-state index contributed by atoms with van der Waals surface area (Å²) in [6.07, 6.45) is 4.17. The molecular weight excluding hydrogens is 422 g/mol. The second-order valence-electron chi connectivity index (χ2n) is 8.35. The SMILES string of the molecule is Cc1ccc(NC(=O)CN2C(=O)S/C(=C\c3ccc(N4CCCC4)cc3C)C2=O)cc1C. The Morgan fingerprint density at radius 1 is 1.00 bits per heavy atom. The van der Waals surface area contributed by atoms with E-state index in [0.717, 1.165) is 52.0 Å². The number of rotatable bonds is 5. The van der Waals surface area contributed by atoms with E-state index in [1.165, 1.54) is 18.5 Å². The van der Waals surface area contributed by atoms with E-state index in [9.17, 15) is 14.4 Å². The maximum Gasteiger partial charge on any atom is 0.294 e. The van der Waals surface area contributed by atoms with Crippen molar-refractivity contribution in [2.24, 2.45) is 0 Å². The van der Waals surface area contributed by atoms with E-state index >= 15 is 0 Å². The molecular formula is C25H27N3O3S. The summed E-state index contributed by atoms with van der Waals surface area (Å²) in [7, 11) is 0. The number of anilines is 2. The van der Waals surface area contributed by atoms with Gasteiger partial charge < -0.3 is 10.2 Å². The van der Waals surface area contributed by atoms with E-state index in [4.69, 9.17) is 0 Å². The van der Waals surface area contributed by atoms with Gasteiger partial charge in [-0.15, -0.1) is 0 Å². The number of carbonyl (C=O) groups excluding carboxylic acids is 3. The molecule has 0 radical (unpaired) electrons. The van der Waals surface area contributed by atoms with Crippen molar-refractivity contribution in [3.63, 3.8) is 0 Å². The summed E-state index contributed by atoms with van der Waals surface area (Å²) < 4.78 is 0. The maximum absolute atomic E-state index is 12.8. The van der Waals surface area contributed by atoms with Crippen LogP contribution in [-0.4, -0.2) is 41.6 Å². The number of hydrogen-bond acceptors (Lipinski definition) is 5. The summed E-state index contributed by atoms with van der Waals surface area (Å²) in [6, 6.07) is 11.8. The van der Waals surface area contributed by atoms with Crippen molar-refractivity contribution in [1.29, 1.82) is 0 Å². The van der Waals surface area contributed by atoms with Gasteiger partial charge in [0.05, 0.1) is 4.91 Å². The van der Waals surface area contributed by atoms with Gasteiger partial charge in [0.15, 0.2) is 0 Å². The van der Waals surface area contributed by atoms with Gasteiger partial charge in [0.25, 0.3) is 11.1 Å². The minimum atomic E-state index is -0.432. The van der Waals surface area contributed by atoms with E-state index in [-0.39, 0.29) is 6.54 Å². The fraction of sp³-hybridized carbons (Fsp3) is 0.320. The molecule has 2 aliphatic rings. The highest BCUT2D eigenvalue weighted by atomic mass is 32.2. The molecule has 0 bridgehead atoms. The predicted octanol–water partition coefficient (Wildman–Crippen LogP) is 4.89. The van der Waals surface area contributed by atoms with Gasteiger partial charge in [-0.05, 0) is 98.0 Å². The van der Waals surface area contributed by atoms with Crippen molar-refractivity contribution in [1.82, 2.24) is 4.90 Å². The quantitative estimate of drug-likeness (QED) is 0.659. The Bertz CT molecular complexity index is 1120. The lowest BCUT2D eigenvalue weighted by molar-refractivity contribution is -0.127. The Morgan fingerprint density at radius 2 is 1.75 bits per heavy atom. The third-order valence-corrected chi connectivity index (χ3v) is 6.88. The number of thioether (sulfide) groups is 1. The number of amides is 3. The van der Waals surface area contributed by atoms with Crippen LogP contribution in [0.25, 0.3) is 6.08 Å². The molecule has 2 aromatic rings. The predicted molar refractivity (Wildman–Crippen MR) is 130 cm³/mol. The molecule has 0 saturated carbocycles. The van der Waals surface area contributed by atoms with Crippen LogP contribution >= 0.6 is 11.8 Å². The lowest BCUT2D eigenvalue weighted by Crippen LogP contribution is -2.36. The first-order valence-electron chi connectivity index (χ1n) is 10.8. The van der Waals surface area contributed by atoms with Crippen LogP contribution in [0.2, 0.25) is 0 Å². The fourth-order valence-electron chi connectivity index (χ4n) is 3.93. The normalized spacial score (nSPS) is 17.5. The molecule has 32 heavy (non-hydrogen) atoms. The first-order valence-corrected chi connectivity index (χ1v) is 11.6. The monoisotopic (exact) mass is 449 g/mol. The van der Waals surface area contributed by atoms with Gasteiger partial charge in [-0.25, -0.2) is 0 Å². The molecule has 2 fully saturated rings. The molecule has 7 heteroatoms. The van der Waals surface area contributed by atoms with Crippen LogP contribution in [0.3, 0.4) is 0 Å². The van der Waals surface area contributed by atoms with Crippen molar-refractivity contribution >= 4 is 46.3 Å². The Morgan fingerprint density at radius 3 is 2.44 bits per heavy atom.